The summed E-state index contributed by atoms with van der Waals surface area (Å²) in [5.41, 5.74) is 1.58. The number of Topliss-reactive ketones (excluding diaryl/α,β-unsaturated/α-hetero) is 1. The predicted octanol–water partition coefficient (Wildman–Crippen LogP) is 5.07. The van der Waals surface area contributed by atoms with E-state index >= 15 is 0 Å². The molecule has 0 aliphatic carbocycles. The van der Waals surface area contributed by atoms with Crippen LogP contribution in [0.4, 0.5) is 0 Å². The molecule has 3 aromatic rings. The first-order valence-corrected chi connectivity index (χ1v) is 10.7. The van der Waals surface area contributed by atoms with E-state index in [9.17, 15) is 18.3 Å². The van der Waals surface area contributed by atoms with Gasteiger partial charge in [-0.3, -0.25) is 4.79 Å². The summed E-state index contributed by atoms with van der Waals surface area (Å²) in [5.74, 6) is -0.835. The van der Waals surface area contributed by atoms with Crippen molar-refractivity contribution in [2.24, 2.45) is 0 Å². The molecule has 0 aliphatic heterocycles. The summed E-state index contributed by atoms with van der Waals surface area (Å²) >= 11 is 0. The topological polar surface area (TPSA) is 71.4 Å². The van der Waals surface area contributed by atoms with E-state index in [0.29, 0.717) is 11.1 Å². The molecule has 0 saturated heterocycles. The Kier molecular flexibility index (Phi) is 5.99. The first-order valence-electron chi connectivity index (χ1n) is 9.17. The van der Waals surface area contributed by atoms with E-state index in [2.05, 4.69) is 0 Å². The number of aliphatic hydroxyl groups is 1. The first-order chi connectivity index (χ1) is 13.8. The number of carbonyl (C=O) groups excluding carboxylic acids is 1. The molecular weight excluding hydrogens is 384 g/mol. The Morgan fingerprint density at radius 2 is 1.34 bits per heavy atom. The maximum atomic E-state index is 13.6. The predicted molar refractivity (Wildman–Crippen MR) is 114 cm³/mol. The summed E-state index contributed by atoms with van der Waals surface area (Å²) in [6, 6.07) is 23.5. The van der Waals surface area contributed by atoms with Crippen molar-refractivity contribution in [1.82, 2.24) is 0 Å². The zero-order valence-corrected chi connectivity index (χ0v) is 17.1. The van der Waals surface area contributed by atoms with Gasteiger partial charge in [-0.1, -0.05) is 78.4 Å². The Bertz CT molecular complexity index is 1130. The van der Waals surface area contributed by atoms with Crippen LogP contribution in [0, 0.1) is 6.92 Å². The molecule has 29 heavy (non-hydrogen) atoms. The molecule has 1 N–H and O–H groups in total. The number of rotatable bonds is 6. The van der Waals surface area contributed by atoms with Crippen LogP contribution in [0.1, 0.15) is 28.9 Å². The molecule has 0 aliphatic rings. The molecule has 1 unspecified atom stereocenters. The SMILES string of the molecule is CC(=O)/C(=C(/O)c1ccccc1)C(c1ccccc1)S(=O)(=O)c1ccc(C)cc1. The maximum absolute atomic E-state index is 13.6. The number of hydrogen-bond acceptors (Lipinski definition) is 4. The highest BCUT2D eigenvalue weighted by molar-refractivity contribution is 7.92. The zero-order chi connectivity index (χ0) is 21.0. The van der Waals surface area contributed by atoms with Gasteiger partial charge in [-0.2, -0.15) is 0 Å². The van der Waals surface area contributed by atoms with Crippen LogP contribution in [0.3, 0.4) is 0 Å². The number of carbonyl (C=O) groups is 1. The van der Waals surface area contributed by atoms with E-state index < -0.39 is 20.9 Å². The average Bonchev–Trinajstić information content (AvgIpc) is 2.72. The van der Waals surface area contributed by atoms with Gasteiger partial charge < -0.3 is 5.11 Å². The summed E-state index contributed by atoms with van der Waals surface area (Å²) in [6.45, 7) is 3.14. The lowest BCUT2D eigenvalue weighted by Gasteiger charge is -2.21. The molecule has 4 nitrogen and oxygen atoms in total. The second-order valence-electron chi connectivity index (χ2n) is 6.83. The van der Waals surface area contributed by atoms with E-state index in [1.54, 1.807) is 72.8 Å². The fourth-order valence-corrected chi connectivity index (χ4v) is 5.11. The van der Waals surface area contributed by atoms with Crippen molar-refractivity contribution in [3.05, 3.63) is 107 Å². The highest BCUT2D eigenvalue weighted by atomic mass is 32.2. The number of aryl methyl sites for hydroxylation is 1. The Morgan fingerprint density at radius 1 is 0.828 bits per heavy atom. The normalized spacial score (nSPS) is 13.4. The van der Waals surface area contributed by atoms with Crippen molar-refractivity contribution < 1.29 is 18.3 Å². The summed E-state index contributed by atoms with van der Waals surface area (Å²) in [5, 5.41) is 9.60. The van der Waals surface area contributed by atoms with Crippen LogP contribution < -0.4 is 0 Å². The van der Waals surface area contributed by atoms with Crippen LogP contribution in [0.25, 0.3) is 5.76 Å². The Labute approximate surface area is 171 Å². The largest absolute Gasteiger partial charge is 0.507 e. The molecule has 0 amide bonds. The van der Waals surface area contributed by atoms with Crippen molar-refractivity contribution in [3.8, 4) is 0 Å². The number of hydrogen-bond donors (Lipinski definition) is 1. The van der Waals surface area contributed by atoms with Gasteiger partial charge in [0.15, 0.2) is 15.6 Å². The molecule has 0 aromatic heterocycles. The summed E-state index contributed by atoms with van der Waals surface area (Å²) in [7, 11) is -4.01. The van der Waals surface area contributed by atoms with Crippen molar-refractivity contribution in [2.75, 3.05) is 0 Å². The summed E-state index contributed by atoms with van der Waals surface area (Å²) in [4.78, 5) is 12.7. The number of benzene rings is 3. The molecule has 0 radical (unpaired) electrons. The van der Waals surface area contributed by atoms with Crippen molar-refractivity contribution in [2.45, 2.75) is 24.0 Å². The number of sulfone groups is 1. The van der Waals surface area contributed by atoms with Crippen molar-refractivity contribution >= 4 is 21.4 Å². The maximum Gasteiger partial charge on any atom is 0.189 e. The Hall–Kier alpha value is -3.18. The number of aliphatic hydroxyl groups excluding tert-OH is 1. The van der Waals surface area contributed by atoms with Gasteiger partial charge in [-0.25, -0.2) is 8.42 Å². The minimum atomic E-state index is -4.01. The fourth-order valence-electron chi connectivity index (χ4n) is 3.22. The van der Waals surface area contributed by atoms with Gasteiger partial charge in [0.1, 0.15) is 11.0 Å². The molecule has 3 rings (SSSR count). The Morgan fingerprint density at radius 3 is 1.86 bits per heavy atom. The molecule has 1 atom stereocenters. The van der Waals surface area contributed by atoms with Crippen LogP contribution in [-0.4, -0.2) is 19.3 Å². The molecule has 0 fully saturated rings. The zero-order valence-electron chi connectivity index (χ0n) is 16.2. The van der Waals surface area contributed by atoms with Gasteiger partial charge in [-0.05, 0) is 31.5 Å². The van der Waals surface area contributed by atoms with Crippen LogP contribution in [0.15, 0.2) is 95.4 Å². The second kappa shape index (κ2) is 8.45. The molecular formula is C24H22O4S. The van der Waals surface area contributed by atoms with Crippen molar-refractivity contribution in [1.29, 1.82) is 0 Å². The van der Waals surface area contributed by atoms with Gasteiger partial charge in [0.2, 0.25) is 0 Å². The van der Waals surface area contributed by atoms with Crippen LogP contribution in [0.2, 0.25) is 0 Å². The highest BCUT2D eigenvalue weighted by Crippen LogP contribution is 2.38. The lowest BCUT2D eigenvalue weighted by Crippen LogP contribution is -2.21. The summed E-state index contributed by atoms with van der Waals surface area (Å²) < 4.78 is 27.3. The third-order valence-electron chi connectivity index (χ3n) is 4.71. The second-order valence-corrected chi connectivity index (χ2v) is 8.87. The molecule has 3 aromatic carbocycles. The van der Waals surface area contributed by atoms with Gasteiger partial charge in [0, 0.05) is 5.56 Å². The first kappa shape index (κ1) is 20.6. The molecule has 148 valence electrons. The number of ketones is 1. The lowest BCUT2D eigenvalue weighted by atomic mass is 9.97. The lowest BCUT2D eigenvalue weighted by molar-refractivity contribution is -0.113. The van der Waals surface area contributed by atoms with Gasteiger partial charge in [0.25, 0.3) is 0 Å². The monoisotopic (exact) mass is 406 g/mol. The minimum absolute atomic E-state index is 0.0940. The van der Waals surface area contributed by atoms with E-state index in [1.165, 1.54) is 19.1 Å². The van der Waals surface area contributed by atoms with Crippen LogP contribution >= 0.6 is 0 Å². The van der Waals surface area contributed by atoms with Crippen LogP contribution in [0.5, 0.6) is 0 Å². The van der Waals surface area contributed by atoms with Crippen LogP contribution in [-0.2, 0) is 14.6 Å². The molecule has 0 heterocycles. The average molecular weight is 407 g/mol. The van der Waals surface area contributed by atoms with E-state index in [-0.39, 0.29) is 16.2 Å². The van der Waals surface area contributed by atoms with Gasteiger partial charge in [0.05, 0.1) is 10.5 Å². The minimum Gasteiger partial charge on any atom is -0.507 e. The third-order valence-corrected chi connectivity index (χ3v) is 6.76. The van der Waals surface area contributed by atoms with Gasteiger partial charge >= 0.3 is 0 Å². The standard InChI is InChI=1S/C24H22O4S/c1-17-13-15-21(16-14-17)29(27,28)24(20-11-7-4-8-12-20)22(18(2)25)23(26)19-9-5-3-6-10-19/h3-16,24,26H,1-2H3/b23-22-. The Balaban J connectivity index is 2.30. The molecule has 0 bridgehead atoms. The fraction of sp³-hybridized carbons (Fsp3) is 0.125. The third kappa shape index (κ3) is 4.30. The van der Waals surface area contributed by atoms with E-state index in [1.807, 2.05) is 6.92 Å². The summed E-state index contributed by atoms with van der Waals surface area (Å²) in [6.07, 6.45) is 0. The van der Waals surface area contributed by atoms with Gasteiger partial charge in [-0.15, -0.1) is 0 Å². The molecule has 0 spiro atoms. The highest BCUT2D eigenvalue weighted by Gasteiger charge is 2.36. The van der Waals surface area contributed by atoms with Crippen molar-refractivity contribution in [3.63, 3.8) is 0 Å². The molecule has 0 saturated carbocycles. The smallest absolute Gasteiger partial charge is 0.189 e. The quantitative estimate of drug-likeness (QED) is 0.458. The molecule has 5 heteroatoms. The van der Waals surface area contributed by atoms with E-state index in [0.717, 1.165) is 5.56 Å². The van der Waals surface area contributed by atoms with E-state index in [4.69, 9.17) is 0 Å².